The van der Waals surface area contributed by atoms with Gasteiger partial charge in [-0.05, 0) is 24.4 Å². The topological polar surface area (TPSA) is 68.7 Å². The van der Waals surface area contributed by atoms with E-state index in [0.29, 0.717) is 0 Å². The van der Waals surface area contributed by atoms with Gasteiger partial charge in [0.2, 0.25) is 5.95 Å². The molecule has 3 rings (SSSR count). The second kappa shape index (κ2) is 10.1. The minimum Gasteiger partial charge on any atom is -0.357 e. The lowest BCUT2D eigenvalue weighted by Crippen LogP contribution is -2.49. The van der Waals surface area contributed by atoms with Crippen LogP contribution in [-0.2, 0) is 6.54 Å². The third kappa shape index (κ3) is 5.67. The van der Waals surface area contributed by atoms with Gasteiger partial charge in [0.25, 0.3) is 0 Å². The van der Waals surface area contributed by atoms with Crippen LogP contribution in [0.4, 0.5) is 5.95 Å². The zero-order chi connectivity index (χ0) is 18.0. The predicted molar refractivity (Wildman–Crippen MR) is 108 cm³/mol. The fourth-order valence-corrected chi connectivity index (χ4v) is 3.49. The first kappa shape index (κ1) is 18.6. The third-order valence-corrected chi connectivity index (χ3v) is 5.11. The lowest BCUT2D eigenvalue weighted by molar-refractivity contribution is 0.260. The number of hydrogen-bond donors (Lipinski definition) is 2. The zero-order valence-corrected chi connectivity index (χ0v) is 16.1. The van der Waals surface area contributed by atoms with E-state index >= 15 is 0 Å². The van der Waals surface area contributed by atoms with Crippen molar-refractivity contribution in [2.45, 2.75) is 13.5 Å². The molecule has 1 aliphatic heterocycles. The molecule has 0 saturated carbocycles. The van der Waals surface area contributed by atoms with Gasteiger partial charge in [0.1, 0.15) is 0 Å². The van der Waals surface area contributed by atoms with Gasteiger partial charge in [-0.15, -0.1) is 11.3 Å². The molecule has 3 heterocycles. The van der Waals surface area contributed by atoms with Gasteiger partial charge in [0.05, 0.1) is 6.54 Å². The van der Waals surface area contributed by atoms with E-state index in [-0.39, 0.29) is 0 Å². The maximum Gasteiger partial charge on any atom is 0.225 e. The van der Waals surface area contributed by atoms with Crippen LogP contribution in [0.25, 0.3) is 0 Å². The van der Waals surface area contributed by atoms with Crippen molar-refractivity contribution >= 4 is 23.2 Å². The van der Waals surface area contributed by atoms with Crippen LogP contribution < -0.4 is 15.5 Å². The fourth-order valence-electron chi connectivity index (χ4n) is 2.86. The van der Waals surface area contributed by atoms with Crippen molar-refractivity contribution in [1.29, 1.82) is 0 Å². The van der Waals surface area contributed by atoms with Crippen LogP contribution >= 0.6 is 11.3 Å². The summed E-state index contributed by atoms with van der Waals surface area (Å²) in [5.74, 6) is 1.72. The molecule has 8 heteroatoms. The second-order valence-corrected chi connectivity index (χ2v) is 7.11. The summed E-state index contributed by atoms with van der Waals surface area (Å²) < 4.78 is 0. The first-order chi connectivity index (χ1) is 12.8. The Morgan fingerprint density at radius 3 is 2.65 bits per heavy atom. The van der Waals surface area contributed by atoms with Gasteiger partial charge < -0.3 is 15.5 Å². The molecule has 0 atom stereocenters. The summed E-state index contributed by atoms with van der Waals surface area (Å²) in [5, 5.41) is 8.84. The second-order valence-electron chi connectivity index (χ2n) is 6.08. The monoisotopic (exact) mass is 373 g/mol. The molecule has 1 fully saturated rings. The van der Waals surface area contributed by atoms with Crippen LogP contribution in [0.2, 0.25) is 0 Å². The lowest BCUT2D eigenvalue weighted by Gasteiger charge is -2.34. The van der Waals surface area contributed by atoms with Gasteiger partial charge in [-0.25, -0.2) is 15.0 Å². The Labute approximate surface area is 159 Å². The summed E-state index contributed by atoms with van der Waals surface area (Å²) in [6.07, 6.45) is 3.60. The molecule has 0 bridgehead atoms. The maximum atomic E-state index is 4.65. The molecule has 1 aliphatic rings. The number of aromatic nitrogens is 2. The van der Waals surface area contributed by atoms with Crippen molar-refractivity contribution in [1.82, 2.24) is 25.5 Å². The normalized spacial score (nSPS) is 15.9. The van der Waals surface area contributed by atoms with Crippen molar-refractivity contribution < 1.29 is 0 Å². The molecule has 0 radical (unpaired) electrons. The molecule has 140 valence electrons. The van der Waals surface area contributed by atoms with Crippen LogP contribution in [0.3, 0.4) is 0 Å². The Kier molecular flexibility index (Phi) is 7.21. The molecule has 26 heavy (non-hydrogen) atoms. The molecule has 2 aromatic heterocycles. The SMILES string of the molecule is CCNC(=NCc1cccs1)NCCN1CCN(c2ncccn2)CC1. The molecule has 7 nitrogen and oxygen atoms in total. The smallest absolute Gasteiger partial charge is 0.225 e. The molecule has 0 aromatic carbocycles. The van der Waals surface area contributed by atoms with Crippen LogP contribution in [0.15, 0.2) is 41.0 Å². The van der Waals surface area contributed by atoms with Crippen LogP contribution in [0.5, 0.6) is 0 Å². The molecule has 0 aliphatic carbocycles. The Balaban J connectivity index is 1.39. The summed E-state index contributed by atoms with van der Waals surface area (Å²) in [5.41, 5.74) is 0. The number of rotatable bonds is 7. The number of nitrogens with zero attached hydrogens (tertiary/aromatic N) is 5. The Hall–Kier alpha value is -2.19. The highest BCUT2D eigenvalue weighted by molar-refractivity contribution is 7.09. The molecule has 0 amide bonds. The summed E-state index contributed by atoms with van der Waals surface area (Å²) in [4.78, 5) is 19.3. The Morgan fingerprint density at radius 2 is 1.96 bits per heavy atom. The van der Waals surface area contributed by atoms with E-state index in [9.17, 15) is 0 Å². The first-order valence-corrected chi connectivity index (χ1v) is 10.0. The minimum absolute atomic E-state index is 0.725. The van der Waals surface area contributed by atoms with E-state index in [1.54, 1.807) is 23.7 Å². The van der Waals surface area contributed by atoms with Gasteiger partial charge in [-0.1, -0.05) is 6.07 Å². The standard InChI is InChI=1S/C18H27N7S/c1-2-19-17(23-15-16-5-3-14-26-16)20-8-9-24-10-12-25(13-11-24)18-21-6-4-7-22-18/h3-7,14H,2,8-13,15H2,1H3,(H2,19,20,23). The summed E-state index contributed by atoms with van der Waals surface area (Å²) >= 11 is 1.74. The maximum absolute atomic E-state index is 4.65. The van der Waals surface area contributed by atoms with E-state index < -0.39 is 0 Å². The number of piperazine rings is 1. The van der Waals surface area contributed by atoms with Crippen LogP contribution in [0, 0.1) is 0 Å². The van der Waals surface area contributed by atoms with Crippen molar-refractivity contribution in [2.75, 3.05) is 50.7 Å². The highest BCUT2D eigenvalue weighted by atomic mass is 32.1. The van der Waals surface area contributed by atoms with Crippen LogP contribution in [-0.4, -0.2) is 66.6 Å². The van der Waals surface area contributed by atoms with E-state index in [4.69, 9.17) is 0 Å². The predicted octanol–water partition coefficient (Wildman–Crippen LogP) is 1.42. The average Bonchev–Trinajstić information content (AvgIpc) is 3.21. The quantitative estimate of drug-likeness (QED) is 0.565. The molecular formula is C18H27N7S. The number of anilines is 1. The average molecular weight is 374 g/mol. The number of aliphatic imine (C=N–C) groups is 1. The lowest BCUT2D eigenvalue weighted by atomic mass is 10.3. The molecule has 0 unspecified atom stereocenters. The van der Waals surface area contributed by atoms with Crippen molar-refractivity contribution in [3.05, 3.63) is 40.8 Å². The number of thiophene rings is 1. The van der Waals surface area contributed by atoms with E-state index in [0.717, 1.165) is 64.3 Å². The van der Waals surface area contributed by atoms with Crippen molar-refractivity contribution in [3.8, 4) is 0 Å². The molecule has 0 spiro atoms. The Bertz CT molecular complexity index is 651. The van der Waals surface area contributed by atoms with Crippen molar-refractivity contribution in [3.63, 3.8) is 0 Å². The van der Waals surface area contributed by atoms with Gasteiger partial charge >= 0.3 is 0 Å². The van der Waals surface area contributed by atoms with Crippen LogP contribution in [0.1, 0.15) is 11.8 Å². The highest BCUT2D eigenvalue weighted by Crippen LogP contribution is 2.10. The van der Waals surface area contributed by atoms with Gasteiger partial charge in [-0.3, -0.25) is 4.90 Å². The summed E-state index contributed by atoms with van der Waals surface area (Å²) in [6, 6.07) is 6.04. The fraction of sp³-hybridized carbons (Fsp3) is 0.500. The molecule has 2 N–H and O–H groups in total. The largest absolute Gasteiger partial charge is 0.357 e. The highest BCUT2D eigenvalue weighted by Gasteiger charge is 2.18. The van der Waals surface area contributed by atoms with E-state index in [1.807, 2.05) is 6.07 Å². The van der Waals surface area contributed by atoms with E-state index in [2.05, 4.69) is 59.8 Å². The van der Waals surface area contributed by atoms with Gasteiger partial charge in [0.15, 0.2) is 5.96 Å². The molecular weight excluding hydrogens is 346 g/mol. The zero-order valence-electron chi connectivity index (χ0n) is 15.3. The van der Waals surface area contributed by atoms with E-state index in [1.165, 1.54) is 4.88 Å². The van der Waals surface area contributed by atoms with Gasteiger partial charge in [-0.2, -0.15) is 0 Å². The summed E-state index contributed by atoms with van der Waals surface area (Å²) in [7, 11) is 0. The number of hydrogen-bond acceptors (Lipinski definition) is 6. The first-order valence-electron chi connectivity index (χ1n) is 9.14. The van der Waals surface area contributed by atoms with Crippen molar-refractivity contribution in [2.24, 2.45) is 4.99 Å². The summed E-state index contributed by atoms with van der Waals surface area (Å²) in [6.45, 7) is 9.58. The Morgan fingerprint density at radius 1 is 1.15 bits per heavy atom. The number of nitrogens with one attached hydrogen (secondary N) is 2. The minimum atomic E-state index is 0.725. The number of guanidine groups is 1. The van der Waals surface area contributed by atoms with Gasteiger partial charge in [0, 0.05) is 63.1 Å². The molecule has 2 aromatic rings. The molecule has 1 saturated heterocycles. The third-order valence-electron chi connectivity index (χ3n) is 4.25.